The fraction of sp³-hybridized carbons (Fsp3) is 1.00. The number of hydrogen-bond donors (Lipinski definition) is 1. The molecule has 0 heterocycles. The molecule has 0 bridgehead atoms. The van der Waals surface area contributed by atoms with Crippen LogP contribution in [-0.2, 0) is 4.74 Å². The summed E-state index contributed by atoms with van der Waals surface area (Å²) in [4.78, 5) is 0. The molecule has 0 aromatic carbocycles. The predicted octanol–water partition coefficient (Wildman–Crippen LogP) is 4.92. The van der Waals surface area contributed by atoms with Crippen LogP contribution in [-0.4, -0.2) is 24.3 Å². The van der Waals surface area contributed by atoms with Crippen LogP contribution in [0.4, 0.5) is 0 Å². The van der Waals surface area contributed by atoms with Crippen LogP contribution in [0.15, 0.2) is 0 Å². The van der Waals surface area contributed by atoms with Gasteiger partial charge in [-0.3, -0.25) is 0 Å². The SMILES string of the molecule is CCC1CCC(CNC(C)C)(OC2CCC(C)CC2)CC1. The van der Waals surface area contributed by atoms with Gasteiger partial charge in [0, 0.05) is 12.6 Å². The van der Waals surface area contributed by atoms with Crippen molar-refractivity contribution in [2.24, 2.45) is 11.8 Å². The zero-order valence-corrected chi connectivity index (χ0v) is 14.8. The highest BCUT2D eigenvalue weighted by Gasteiger charge is 2.38. The van der Waals surface area contributed by atoms with Crippen LogP contribution in [0.5, 0.6) is 0 Å². The number of hydrogen-bond acceptors (Lipinski definition) is 2. The molecule has 0 aromatic heterocycles. The van der Waals surface area contributed by atoms with Gasteiger partial charge in [-0.1, -0.05) is 34.1 Å². The lowest BCUT2D eigenvalue weighted by molar-refractivity contribution is -0.130. The molecule has 124 valence electrons. The van der Waals surface area contributed by atoms with Crippen molar-refractivity contribution in [1.29, 1.82) is 0 Å². The van der Waals surface area contributed by atoms with Gasteiger partial charge in [0.1, 0.15) is 0 Å². The summed E-state index contributed by atoms with van der Waals surface area (Å²) < 4.78 is 6.75. The first-order valence-electron chi connectivity index (χ1n) is 9.44. The summed E-state index contributed by atoms with van der Waals surface area (Å²) in [7, 11) is 0. The molecule has 2 aliphatic rings. The van der Waals surface area contributed by atoms with E-state index in [0.29, 0.717) is 12.1 Å². The van der Waals surface area contributed by atoms with Crippen LogP contribution in [0.3, 0.4) is 0 Å². The van der Waals surface area contributed by atoms with Gasteiger partial charge in [0.2, 0.25) is 0 Å². The van der Waals surface area contributed by atoms with E-state index in [0.717, 1.165) is 18.4 Å². The van der Waals surface area contributed by atoms with E-state index in [1.165, 1.54) is 57.8 Å². The maximum atomic E-state index is 6.75. The molecule has 0 amide bonds. The predicted molar refractivity (Wildman–Crippen MR) is 90.6 cm³/mol. The Hall–Kier alpha value is -0.0800. The molecular weight excluding hydrogens is 258 g/mol. The van der Waals surface area contributed by atoms with Crippen molar-refractivity contribution in [1.82, 2.24) is 5.32 Å². The van der Waals surface area contributed by atoms with Gasteiger partial charge in [-0.25, -0.2) is 0 Å². The fourth-order valence-electron chi connectivity index (χ4n) is 4.04. The Morgan fingerprint density at radius 2 is 1.67 bits per heavy atom. The third-order valence-electron chi connectivity index (χ3n) is 5.81. The van der Waals surface area contributed by atoms with Crippen molar-refractivity contribution in [3.63, 3.8) is 0 Å². The smallest absolute Gasteiger partial charge is 0.0810 e. The van der Waals surface area contributed by atoms with Gasteiger partial charge < -0.3 is 10.1 Å². The third kappa shape index (κ3) is 5.25. The summed E-state index contributed by atoms with van der Waals surface area (Å²) >= 11 is 0. The van der Waals surface area contributed by atoms with Gasteiger partial charge in [-0.2, -0.15) is 0 Å². The average Bonchev–Trinajstić information content (AvgIpc) is 2.49. The molecule has 0 spiro atoms. The molecule has 0 aromatic rings. The van der Waals surface area contributed by atoms with E-state index in [1.54, 1.807) is 0 Å². The summed E-state index contributed by atoms with van der Waals surface area (Å²) in [5, 5.41) is 3.66. The molecule has 0 radical (unpaired) electrons. The van der Waals surface area contributed by atoms with E-state index < -0.39 is 0 Å². The molecule has 0 saturated heterocycles. The summed E-state index contributed by atoms with van der Waals surface area (Å²) in [5.74, 6) is 1.84. The molecule has 2 rings (SSSR count). The molecule has 21 heavy (non-hydrogen) atoms. The second-order valence-electron chi connectivity index (χ2n) is 8.07. The maximum absolute atomic E-state index is 6.75. The minimum atomic E-state index is 0.126. The molecule has 0 aliphatic heterocycles. The normalized spacial score (nSPS) is 37.9. The van der Waals surface area contributed by atoms with Crippen LogP contribution in [0.2, 0.25) is 0 Å². The lowest BCUT2D eigenvalue weighted by Gasteiger charge is -2.44. The van der Waals surface area contributed by atoms with Gasteiger partial charge in [0.05, 0.1) is 11.7 Å². The van der Waals surface area contributed by atoms with Gasteiger partial charge >= 0.3 is 0 Å². The first kappa shape index (κ1) is 17.3. The molecule has 2 saturated carbocycles. The Labute approximate surface area is 132 Å². The van der Waals surface area contributed by atoms with Crippen LogP contribution >= 0.6 is 0 Å². The van der Waals surface area contributed by atoms with Crippen molar-refractivity contribution in [2.75, 3.05) is 6.54 Å². The van der Waals surface area contributed by atoms with Crippen LogP contribution < -0.4 is 5.32 Å². The Bertz CT molecular complexity index is 286. The summed E-state index contributed by atoms with van der Waals surface area (Å²) in [6.45, 7) is 10.3. The first-order valence-corrected chi connectivity index (χ1v) is 9.44. The number of ether oxygens (including phenoxy) is 1. The Balaban J connectivity index is 1.92. The second kappa shape index (κ2) is 7.97. The quantitative estimate of drug-likeness (QED) is 0.751. The van der Waals surface area contributed by atoms with E-state index >= 15 is 0 Å². The Morgan fingerprint density at radius 1 is 1.05 bits per heavy atom. The van der Waals surface area contributed by atoms with Crippen LogP contribution in [0, 0.1) is 11.8 Å². The molecule has 2 aliphatic carbocycles. The van der Waals surface area contributed by atoms with Crippen molar-refractivity contribution in [3.05, 3.63) is 0 Å². The van der Waals surface area contributed by atoms with E-state index in [1.807, 2.05) is 0 Å². The highest BCUT2D eigenvalue weighted by molar-refractivity contribution is 4.91. The average molecular weight is 296 g/mol. The van der Waals surface area contributed by atoms with Crippen molar-refractivity contribution < 1.29 is 4.74 Å². The largest absolute Gasteiger partial charge is 0.370 e. The lowest BCUT2D eigenvalue weighted by Crippen LogP contribution is -2.49. The highest BCUT2D eigenvalue weighted by atomic mass is 16.5. The van der Waals surface area contributed by atoms with Crippen LogP contribution in [0.1, 0.15) is 85.5 Å². The van der Waals surface area contributed by atoms with E-state index in [9.17, 15) is 0 Å². The zero-order chi connectivity index (χ0) is 15.3. The summed E-state index contributed by atoms with van der Waals surface area (Å²) in [5.41, 5.74) is 0.126. The molecule has 1 N–H and O–H groups in total. The van der Waals surface area contributed by atoms with E-state index in [4.69, 9.17) is 4.74 Å². The van der Waals surface area contributed by atoms with Gasteiger partial charge in [0.15, 0.2) is 0 Å². The maximum Gasteiger partial charge on any atom is 0.0810 e. The minimum Gasteiger partial charge on any atom is -0.370 e. The Morgan fingerprint density at radius 3 is 2.19 bits per heavy atom. The molecule has 2 fully saturated rings. The highest BCUT2D eigenvalue weighted by Crippen LogP contribution is 2.39. The van der Waals surface area contributed by atoms with Crippen molar-refractivity contribution >= 4 is 0 Å². The van der Waals surface area contributed by atoms with Crippen molar-refractivity contribution in [2.45, 2.75) is 103 Å². The number of nitrogens with one attached hydrogen (secondary N) is 1. The van der Waals surface area contributed by atoms with E-state index in [-0.39, 0.29) is 5.60 Å². The lowest BCUT2D eigenvalue weighted by atomic mass is 9.77. The standard InChI is InChI=1S/C19H37NO/c1-5-17-10-12-19(13-11-17,14-20-15(2)3)21-18-8-6-16(4)7-9-18/h15-18,20H,5-14H2,1-4H3. The van der Waals surface area contributed by atoms with Crippen molar-refractivity contribution in [3.8, 4) is 0 Å². The summed E-state index contributed by atoms with van der Waals surface area (Å²) in [6, 6.07) is 0.556. The molecule has 2 nitrogen and oxygen atoms in total. The second-order valence-corrected chi connectivity index (χ2v) is 8.07. The molecule has 0 atom stereocenters. The minimum absolute atomic E-state index is 0.126. The van der Waals surface area contributed by atoms with Gasteiger partial charge in [-0.05, 0) is 63.2 Å². The van der Waals surface area contributed by atoms with Crippen LogP contribution in [0.25, 0.3) is 0 Å². The first-order chi connectivity index (χ1) is 10.0. The topological polar surface area (TPSA) is 21.3 Å². The molecular formula is C19H37NO. The van der Waals surface area contributed by atoms with Gasteiger partial charge in [-0.15, -0.1) is 0 Å². The summed E-state index contributed by atoms with van der Waals surface area (Å²) in [6.07, 6.45) is 12.4. The fourth-order valence-corrected chi connectivity index (χ4v) is 4.04. The number of rotatable bonds is 6. The van der Waals surface area contributed by atoms with E-state index in [2.05, 4.69) is 33.0 Å². The molecule has 0 unspecified atom stereocenters. The monoisotopic (exact) mass is 295 g/mol. The zero-order valence-electron chi connectivity index (χ0n) is 14.8. The Kier molecular flexibility index (Phi) is 6.55. The van der Waals surface area contributed by atoms with Gasteiger partial charge in [0.25, 0.3) is 0 Å². The molecule has 2 heteroatoms. The third-order valence-corrected chi connectivity index (χ3v) is 5.81.